The van der Waals surface area contributed by atoms with Crippen LogP contribution in [0.15, 0.2) is 23.1 Å². The number of hydrogen-bond acceptors (Lipinski definition) is 1. The summed E-state index contributed by atoms with van der Waals surface area (Å²) in [5.41, 5.74) is 1.11. The number of nitrogens with zero attached hydrogens (tertiary/aromatic N) is 1. The van der Waals surface area contributed by atoms with Crippen LogP contribution in [0.3, 0.4) is 0 Å². The zero-order valence-electron chi connectivity index (χ0n) is 8.70. The van der Waals surface area contributed by atoms with Gasteiger partial charge in [-0.2, -0.15) is 0 Å². The topological polar surface area (TPSA) is 20.3 Å². The summed E-state index contributed by atoms with van der Waals surface area (Å²) in [6, 6.07) is 5.60. The van der Waals surface area contributed by atoms with E-state index in [1.807, 2.05) is 22.5 Å². The standard InChI is InChI=1S/C11H14ClNOS/c1-2-3-6-13-8-9-7-10(12)4-5-11(9)15(13)14/h4-5,7H,2-3,6,8H2,1H3. The second kappa shape index (κ2) is 4.64. The van der Waals surface area contributed by atoms with Crippen LogP contribution in [0.5, 0.6) is 0 Å². The first-order chi connectivity index (χ1) is 7.22. The lowest BCUT2D eigenvalue weighted by Crippen LogP contribution is -2.20. The van der Waals surface area contributed by atoms with E-state index >= 15 is 0 Å². The van der Waals surface area contributed by atoms with Gasteiger partial charge in [0.05, 0.1) is 4.90 Å². The van der Waals surface area contributed by atoms with Crippen LogP contribution in [0, 0.1) is 0 Å². The summed E-state index contributed by atoms with van der Waals surface area (Å²) in [7, 11) is -0.971. The van der Waals surface area contributed by atoms with Crippen molar-refractivity contribution < 1.29 is 4.21 Å². The maximum Gasteiger partial charge on any atom is 0.128 e. The lowest BCUT2D eigenvalue weighted by atomic mass is 10.2. The molecule has 1 aromatic carbocycles. The largest absolute Gasteiger partial charge is 0.237 e. The van der Waals surface area contributed by atoms with Crippen molar-refractivity contribution in [2.45, 2.75) is 31.2 Å². The molecule has 0 fully saturated rings. The predicted molar refractivity (Wildman–Crippen MR) is 63.2 cm³/mol. The maximum absolute atomic E-state index is 12.0. The lowest BCUT2D eigenvalue weighted by Gasteiger charge is -2.11. The van der Waals surface area contributed by atoms with Gasteiger partial charge in [-0.05, 0) is 30.2 Å². The summed E-state index contributed by atoms with van der Waals surface area (Å²) in [6.45, 7) is 3.81. The molecule has 4 heteroatoms. The Bertz CT molecular complexity index is 394. The van der Waals surface area contributed by atoms with E-state index in [1.54, 1.807) is 0 Å². The van der Waals surface area contributed by atoms with Crippen LogP contribution in [-0.4, -0.2) is 15.1 Å². The van der Waals surface area contributed by atoms with Gasteiger partial charge in [-0.25, -0.2) is 8.51 Å². The summed E-state index contributed by atoms with van der Waals surface area (Å²) in [5.74, 6) is 0. The van der Waals surface area contributed by atoms with Crippen LogP contribution in [-0.2, 0) is 17.5 Å². The molecule has 0 aromatic heterocycles. The van der Waals surface area contributed by atoms with E-state index in [2.05, 4.69) is 6.92 Å². The Morgan fingerprint density at radius 3 is 3.07 bits per heavy atom. The monoisotopic (exact) mass is 243 g/mol. The van der Waals surface area contributed by atoms with E-state index in [1.165, 1.54) is 0 Å². The van der Waals surface area contributed by atoms with Crippen molar-refractivity contribution in [1.29, 1.82) is 0 Å². The third-order valence-electron chi connectivity index (χ3n) is 2.55. The molecule has 0 saturated heterocycles. The lowest BCUT2D eigenvalue weighted by molar-refractivity contribution is 0.443. The van der Waals surface area contributed by atoms with Crippen LogP contribution < -0.4 is 0 Å². The van der Waals surface area contributed by atoms with Crippen LogP contribution in [0.2, 0.25) is 5.02 Å². The summed E-state index contributed by atoms with van der Waals surface area (Å²) < 4.78 is 14.0. The molecular formula is C11H14ClNOS. The van der Waals surface area contributed by atoms with E-state index in [4.69, 9.17) is 11.6 Å². The Morgan fingerprint density at radius 1 is 1.53 bits per heavy atom. The molecule has 1 atom stereocenters. The molecule has 0 amide bonds. The molecule has 0 N–H and O–H groups in total. The fourth-order valence-corrected chi connectivity index (χ4v) is 3.28. The Kier molecular flexibility index (Phi) is 3.44. The Balaban J connectivity index is 2.18. The van der Waals surface area contributed by atoms with Gasteiger partial charge in [-0.15, -0.1) is 0 Å². The highest BCUT2D eigenvalue weighted by molar-refractivity contribution is 7.83. The van der Waals surface area contributed by atoms with Crippen molar-refractivity contribution >= 4 is 22.6 Å². The van der Waals surface area contributed by atoms with Gasteiger partial charge in [-0.1, -0.05) is 24.9 Å². The summed E-state index contributed by atoms with van der Waals surface area (Å²) >= 11 is 5.91. The van der Waals surface area contributed by atoms with E-state index in [9.17, 15) is 4.21 Å². The highest BCUT2D eigenvalue weighted by Gasteiger charge is 2.26. The number of halogens is 1. The Labute approximate surface area is 97.8 Å². The van der Waals surface area contributed by atoms with Gasteiger partial charge >= 0.3 is 0 Å². The number of benzene rings is 1. The molecule has 0 radical (unpaired) electrons. The highest BCUT2D eigenvalue weighted by Crippen LogP contribution is 2.29. The molecule has 15 heavy (non-hydrogen) atoms. The first kappa shape index (κ1) is 11.1. The zero-order chi connectivity index (χ0) is 10.8. The summed E-state index contributed by atoms with van der Waals surface area (Å²) in [4.78, 5) is 0.926. The van der Waals surface area contributed by atoms with Gasteiger partial charge in [0.15, 0.2) is 0 Å². The van der Waals surface area contributed by atoms with Gasteiger partial charge in [0.2, 0.25) is 0 Å². The highest BCUT2D eigenvalue weighted by atomic mass is 35.5. The van der Waals surface area contributed by atoms with Gasteiger partial charge in [0.1, 0.15) is 11.0 Å². The average Bonchev–Trinajstić information content (AvgIpc) is 2.52. The first-order valence-corrected chi connectivity index (χ1v) is 6.66. The molecule has 2 rings (SSSR count). The van der Waals surface area contributed by atoms with Crippen molar-refractivity contribution in [3.05, 3.63) is 28.8 Å². The Hall–Kier alpha value is -0.380. The fraction of sp³-hybridized carbons (Fsp3) is 0.455. The second-order valence-electron chi connectivity index (χ2n) is 3.72. The number of hydrogen-bond donors (Lipinski definition) is 0. The molecule has 1 aliphatic rings. The van der Waals surface area contributed by atoms with Gasteiger partial charge < -0.3 is 0 Å². The molecule has 0 spiro atoms. The number of fused-ring (bicyclic) bond motifs is 1. The van der Waals surface area contributed by atoms with Crippen molar-refractivity contribution in [2.24, 2.45) is 0 Å². The molecular weight excluding hydrogens is 230 g/mol. The molecule has 82 valence electrons. The third kappa shape index (κ3) is 2.25. The molecule has 1 unspecified atom stereocenters. The molecule has 2 nitrogen and oxygen atoms in total. The predicted octanol–water partition coefficient (Wildman–Crippen LogP) is 2.98. The van der Waals surface area contributed by atoms with Gasteiger partial charge in [0.25, 0.3) is 0 Å². The van der Waals surface area contributed by atoms with Crippen molar-refractivity contribution in [2.75, 3.05) is 6.54 Å². The third-order valence-corrected chi connectivity index (χ3v) is 4.34. The van der Waals surface area contributed by atoms with E-state index < -0.39 is 11.0 Å². The normalized spacial score (nSPS) is 20.5. The van der Waals surface area contributed by atoms with Crippen LogP contribution in [0.1, 0.15) is 25.3 Å². The number of unbranched alkanes of at least 4 members (excludes halogenated alkanes) is 1. The molecule has 1 aromatic rings. The quantitative estimate of drug-likeness (QED) is 0.799. The molecule has 1 heterocycles. The number of rotatable bonds is 3. The van der Waals surface area contributed by atoms with Crippen LogP contribution >= 0.6 is 11.6 Å². The van der Waals surface area contributed by atoms with Crippen molar-refractivity contribution in [3.8, 4) is 0 Å². The molecule has 0 bridgehead atoms. The second-order valence-corrected chi connectivity index (χ2v) is 5.61. The smallest absolute Gasteiger partial charge is 0.128 e. The summed E-state index contributed by atoms with van der Waals surface area (Å²) in [6.07, 6.45) is 2.22. The SMILES string of the molecule is CCCCN1Cc2cc(Cl)ccc2S1=O. The minimum Gasteiger partial charge on any atom is -0.237 e. The molecule has 0 aliphatic carbocycles. The van der Waals surface area contributed by atoms with Gasteiger partial charge in [-0.3, -0.25) is 0 Å². The average molecular weight is 244 g/mol. The van der Waals surface area contributed by atoms with Crippen molar-refractivity contribution in [3.63, 3.8) is 0 Å². The van der Waals surface area contributed by atoms with Crippen molar-refractivity contribution in [1.82, 2.24) is 4.31 Å². The minimum atomic E-state index is -0.971. The zero-order valence-corrected chi connectivity index (χ0v) is 10.3. The van der Waals surface area contributed by atoms with E-state index in [-0.39, 0.29) is 0 Å². The van der Waals surface area contributed by atoms with E-state index in [0.29, 0.717) is 0 Å². The summed E-state index contributed by atoms with van der Waals surface area (Å²) in [5, 5.41) is 0.725. The first-order valence-electron chi connectivity index (χ1n) is 5.17. The van der Waals surface area contributed by atoms with Gasteiger partial charge in [0, 0.05) is 18.1 Å². The van der Waals surface area contributed by atoms with Crippen LogP contribution in [0.25, 0.3) is 0 Å². The molecule has 1 aliphatic heterocycles. The minimum absolute atomic E-state index is 0.725. The van der Waals surface area contributed by atoms with E-state index in [0.717, 1.165) is 41.4 Å². The maximum atomic E-state index is 12.0. The Morgan fingerprint density at radius 2 is 2.33 bits per heavy atom. The molecule has 0 saturated carbocycles. The fourth-order valence-electron chi connectivity index (χ4n) is 1.73. The van der Waals surface area contributed by atoms with Crippen LogP contribution in [0.4, 0.5) is 0 Å².